The number of aromatic nitrogens is 1. The van der Waals surface area contributed by atoms with Crippen LogP contribution in [0.5, 0.6) is 5.75 Å². The van der Waals surface area contributed by atoms with E-state index in [1.54, 1.807) is 17.0 Å². The number of fused-ring (bicyclic) bond motifs is 8. The van der Waals surface area contributed by atoms with Crippen LogP contribution in [0.3, 0.4) is 0 Å². The van der Waals surface area contributed by atoms with Crippen LogP contribution < -0.4 is 10.1 Å². The fourth-order valence-corrected chi connectivity index (χ4v) is 5.24. The van der Waals surface area contributed by atoms with E-state index >= 15 is 0 Å². The Kier molecular flexibility index (Phi) is 3.69. The molecule has 1 fully saturated rings. The molecule has 2 N–H and O–H groups in total. The van der Waals surface area contributed by atoms with E-state index in [-0.39, 0.29) is 17.9 Å². The predicted octanol–water partition coefficient (Wildman–Crippen LogP) is 3.68. The average molecular weight is 403 g/mol. The monoisotopic (exact) mass is 403 g/mol. The van der Waals surface area contributed by atoms with Crippen molar-refractivity contribution in [2.24, 2.45) is 0 Å². The number of aryl methyl sites for hydroxylation is 1. The number of imide groups is 1. The SMILES string of the molecule is O=C1NC(=O)c2c1c1c(c3[nH]c4ccc(OC(=O)N5CCCCC5)cc4c23)CCC1. The normalized spacial score (nSPS) is 18.1. The molecule has 0 bridgehead atoms. The zero-order valence-electron chi connectivity index (χ0n) is 16.5. The lowest BCUT2D eigenvalue weighted by atomic mass is 9.94. The summed E-state index contributed by atoms with van der Waals surface area (Å²) in [5, 5.41) is 4.01. The van der Waals surface area contributed by atoms with Crippen molar-refractivity contribution in [3.63, 3.8) is 0 Å². The molecule has 30 heavy (non-hydrogen) atoms. The van der Waals surface area contributed by atoms with Crippen LogP contribution in [0.2, 0.25) is 0 Å². The van der Waals surface area contributed by atoms with Gasteiger partial charge in [0.05, 0.1) is 16.6 Å². The van der Waals surface area contributed by atoms with Crippen molar-refractivity contribution in [1.82, 2.24) is 15.2 Å². The molecule has 1 aliphatic carbocycles. The third-order valence-electron chi connectivity index (χ3n) is 6.59. The van der Waals surface area contributed by atoms with Crippen LogP contribution in [0.25, 0.3) is 21.8 Å². The van der Waals surface area contributed by atoms with Gasteiger partial charge in [0, 0.05) is 29.4 Å². The number of H-pyrrole nitrogens is 1. The first-order valence-corrected chi connectivity index (χ1v) is 10.6. The largest absolute Gasteiger partial charge is 0.415 e. The van der Waals surface area contributed by atoms with E-state index < -0.39 is 0 Å². The third-order valence-corrected chi connectivity index (χ3v) is 6.59. The summed E-state index contributed by atoms with van der Waals surface area (Å²) in [5.74, 6) is -0.221. The van der Waals surface area contributed by atoms with Gasteiger partial charge in [-0.05, 0) is 67.9 Å². The topological polar surface area (TPSA) is 91.5 Å². The van der Waals surface area contributed by atoms with Crippen molar-refractivity contribution in [1.29, 1.82) is 0 Å². The molecular formula is C23H21N3O4. The minimum absolute atomic E-state index is 0.308. The number of carbonyl (C=O) groups excluding carboxylic acids is 3. The highest BCUT2D eigenvalue weighted by atomic mass is 16.6. The van der Waals surface area contributed by atoms with E-state index in [0.29, 0.717) is 16.9 Å². The fraction of sp³-hybridized carbons (Fsp3) is 0.348. The molecule has 152 valence electrons. The number of nitrogens with zero attached hydrogens (tertiary/aromatic N) is 1. The number of ether oxygens (including phenoxy) is 1. The summed E-state index contributed by atoms with van der Waals surface area (Å²) < 4.78 is 5.65. The number of aromatic amines is 1. The number of likely N-dealkylation sites (tertiary alicyclic amines) is 1. The second-order valence-corrected chi connectivity index (χ2v) is 8.34. The lowest BCUT2D eigenvalue weighted by molar-refractivity contribution is 0.0879. The Balaban J connectivity index is 1.51. The van der Waals surface area contributed by atoms with Gasteiger partial charge in [-0.25, -0.2) is 4.79 Å². The number of nitrogens with one attached hydrogen (secondary N) is 2. The molecule has 0 saturated carbocycles. The van der Waals surface area contributed by atoms with Crippen LogP contribution in [-0.2, 0) is 12.8 Å². The van der Waals surface area contributed by atoms with Crippen molar-refractivity contribution in [2.45, 2.75) is 38.5 Å². The Morgan fingerprint density at radius 2 is 1.70 bits per heavy atom. The molecule has 3 aromatic rings. The average Bonchev–Trinajstić information content (AvgIpc) is 3.44. The van der Waals surface area contributed by atoms with Crippen molar-refractivity contribution >= 4 is 39.7 Å². The van der Waals surface area contributed by atoms with Crippen LogP contribution >= 0.6 is 0 Å². The Bertz CT molecular complexity index is 1270. The van der Waals surface area contributed by atoms with Crippen molar-refractivity contribution in [2.75, 3.05) is 13.1 Å². The molecule has 3 aliphatic rings. The van der Waals surface area contributed by atoms with E-state index in [4.69, 9.17) is 4.74 Å². The van der Waals surface area contributed by atoms with Crippen LogP contribution in [0.1, 0.15) is 57.5 Å². The number of piperidine rings is 1. The number of amides is 3. The molecule has 3 amide bonds. The molecular weight excluding hydrogens is 382 g/mol. The second-order valence-electron chi connectivity index (χ2n) is 8.34. The second kappa shape index (κ2) is 6.32. The van der Waals surface area contributed by atoms with E-state index in [0.717, 1.165) is 84.5 Å². The molecule has 2 aliphatic heterocycles. The highest BCUT2D eigenvalue weighted by Crippen LogP contribution is 2.41. The molecule has 1 saturated heterocycles. The zero-order chi connectivity index (χ0) is 20.4. The summed E-state index contributed by atoms with van der Waals surface area (Å²) in [6, 6.07) is 5.44. The maximum Gasteiger partial charge on any atom is 0.415 e. The maximum absolute atomic E-state index is 12.7. The molecule has 2 aromatic carbocycles. The van der Waals surface area contributed by atoms with Crippen LogP contribution in [0, 0.1) is 0 Å². The third kappa shape index (κ3) is 2.41. The lowest BCUT2D eigenvalue weighted by Gasteiger charge is -2.25. The minimum Gasteiger partial charge on any atom is -0.410 e. The number of hydrogen-bond acceptors (Lipinski definition) is 4. The molecule has 6 rings (SSSR count). The van der Waals surface area contributed by atoms with E-state index in [1.807, 2.05) is 6.07 Å². The van der Waals surface area contributed by atoms with Crippen LogP contribution in [0.15, 0.2) is 18.2 Å². The van der Waals surface area contributed by atoms with Gasteiger partial charge in [-0.3, -0.25) is 14.9 Å². The minimum atomic E-state index is -0.355. The summed E-state index contributed by atoms with van der Waals surface area (Å²) in [6.45, 7) is 1.44. The first-order chi connectivity index (χ1) is 14.6. The quantitative estimate of drug-likeness (QED) is 0.607. The Morgan fingerprint density at radius 3 is 2.53 bits per heavy atom. The lowest BCUT2D eigenvalue weighted by Crippen LogP contribution is -2.37. The van der Waals surface area contributed by atoms with Crippen LogP contribution in [-0.4, -0.2) is 40.9 Å². The summed E-state index contributed by atoms with van der Waals surface area (Å²) >= 11 is 0. The summed E-state index contributed by atoms with van der Waals surface area (Å²) in [6.07, 6.45) is 5.45. The first-order valence-electron chi connectivity index (χ1n) is 10.6. The first kappa shape index (κ1) is 17.5. The standard InChI is InChI=1S/C23H21N3O4/c27-21-18-13-5-4-6-14(13)20-17(19(18)22(28)25-21)15-11-12(7-8-16(15)24-20)30-23(29)26-9-2-1-3-10-26/h7-8,11,24H,1-6,9-10H2,(H,25,27,28). The van der Waals surface area contributed by atoms with Crippen molar-refractivity contribution in [3.8, 4) is 5.75 Å². The van der Waals surface area contributed by atoms with Gasteiger partial charge in [-0.15, -0.1) is 0 Å². The number of rotatable bonds is 1. The van der Waals surface area contributed by atoms with Gasteiger partial charge < -0.3 is 14.6 Å². The molecule has 3 heterocycles. The summed E-state index contributed by atoms with van der Waals surface area (Å²) in [5.41, 5.74) is 4.86. The highest BCUT2D eigenvalue weighted by Gasteiger charge is 2.36. The van der Waals surface area contributed by atoms with Crippen molar-refractivity contribution < 1.29 is 19.1 Å². The molecule has 7 nitrogen and oxygen atoms in total. The Labute approximate surface area is 172 Å². The summed E-state index contributed by atoms with van der Waals surface area (Å²) in [4.78, 5) is 42.9. The Hall–Kier alpha value is -3.35. The van der Waals surface area contributed by atoms with E-state index in [2.05, 4.69) is 10.3 Å². The predicted molar refractivity (Wildman–Crippen MR) is 111 cm³/mol. The Morgan fingerprint density at radius 1 is 0.933 bits per heavy atom. The molecule has 0 unspecified atom stereocenters. The van der Waals surface area contributed by atoms with E-state index in [1.165, 1.54) is 0 Å². The highest BCUT2D eigenvalue weighted by molar-refractivity contribution is 6.31. The smallest absolute Gasteiger partial charge is 0.410 e. The van der Waals surface area contributed by atoms with Gasteiger partial charge in [-0.1, -0.05) is 0 Å². The molecule has 0 radical (unpaired) electrons. The van der Waals surface area contributed by atoms with Crippen molar-refractivity contribution in [3.05, 3.63) is 40.5 Å². The molecule has 7 heteroatoms. The zero-order valence-corrected chi connectivity index (χ0v) is 16.5. The maximum atomic E-state index is 12.7. The van der Waals surface area contributed by atoms with Gasteiger partial charge >= 0.3 is 6.09 Å². The molecule has 1 aromatic heterocycles. The van der Waals surface area contributed by atoms with Gasteiger partial charge in [-0.2, -0.15) is 0 Å². The number of benzene rings is 2. The van der Waals surface area contributed by atoms with E-state index in [9.17, 15) is 14.4 Å². The fourth-order valence-electron chi connectivity index (χ4n) is 5.24. The van der Waals surface area contributed by atoms with Gasteiger partial charge in [0.2, 0.25) is 0 Å². The van der Waals surface area contributed by atoms with Gasteiger partial charge in [0.25, 0.3) is 11.8 Å². The van der Waals surface area contributed by atoms with Gasteiger partial charge in [0.1, 0.15) is 5.75 Å². The molecule has 0 spiro atoms. The molecule has 0 atom stereocenters. The summed E-state index contributed by atoms with van der Waals surface area (Å²) in [7, 11) is 0. The van der Waals surface area contributed by atoms with Crippen LogP contribution in [0.4, 0.5) is 4.79 Å². The number of carbonyl (C=O) groups is 3. The number of hydrogen-bond donors (Lipinski definition) is 2. The van der Waals surface area contributed by atoms with Gasteiger partial charge in [0.15, 0.2) is 0 Å².